The zero-order chi connectivity index (χ0) is 11.0. The highest BCUT2D eigenvalue weighted by Crippen LogP contribution is 2.32. The highest BCUT2D eigenvalue weighted by molar-refractivity contribution is 5.29. The van der Waals surface area contributed by atoms with E-state index in [9.17, 15) is 0 Å². The van der Waals surface area contributed by atoms with E-state index in [-0.39, 0.29) is 0 Å². The summed E-state index contributed by atoms with van der Waals surface area (Å²) in [4.78, 5) is 2.52. The van der Waals surface area contributed by atoms with Gasteiger partial charge in [0.05, 0.1) is 0 Å². The minimum absolute atomic E-state index is 0.408. The van der Waals surface area contributed by atoms with Gasteiger partial charge in [0.2, 0.25) is 0 Å². The average molecular weight is 216 g/mol. The van der Waals surface area contributed by atoms with E-state index in [1.54, 1.807) is 0 Å². The summed E-state index contributed by atoms with van der Waals surface area (Å²) in [5.74, 6) is 0.817. The molecule has 1 aromatic carbocycles. The molecule has 0 saturated heterocycles. The van der Waals surface area contributed by atoms with Crippen LogP contribution in [0.15, 0.2) is 24.3 Å². The van der Waals surface area contributed by atoms with Gasteiger partial charge in [-0.25, -0.2) is 0 Å². The van der Waals surface area contributed by atoms with Gasteiger partial charge < -0.3 is 5.73 Å². The van der Waals surface area contributed by atoms with Gasteiger partial charge >= 0.3 is 0 Å². The number of benzene rings is 1. The molecular formula is C14H20N2. The van der Waals surface area contributed by atoms with E-state index in [0.29, 0.717) is 6.04 Å². The van der Waals surface area contributed by atoms with Gasteiger partial charge in [0.15, 0.2) is 0 Å². The monoisotopic (exact) mass is 216 g/mol. The Balaban J connectivity index is 1.63. The van der Waals surface area contributed by atoms with Crippen LogP contribution in [-0.2, 0) is 13.0 Å². The molecule has 0 bridgehead atoms. The molecule has 2 nitrogen and oxygen atoms in total. The van der Waals surface area contributed by atoms with Crippen molar-refractivity contribution in [3.8, 4) is 0 Å². The van der Waals surface area contributed by atoms with Crippen molar-refractivity contribution in [2.24, 2.45) is 11.7 Å². The van der Waals surface area contributed by atoms with Crippen LogP contribution in [0.1, 0.15) is 24.0 Å². The van der Waals surface area contributed by atoms with Gasteiger partial charge in [-0.2, -0.15) is 0 Å². The largest absolute Gasteiger partial charge is 0.326 e. The van der Waals surface area contributed by atoms with E-state index < -0.39 is 0 Å². The molecule has 1 heterocycles. The zero-order valence-corrected chi connectivity index (χ0v) is 9.73. The van der Waals surface area contributed by atoms with Crippen molar-refractivity contribution in [2.75, 3.05) is 13.1 Å². The van der Waals surface area contributed by atoms with E-state index >= 15 is 0 Å². The van der Waals surface area contributed by atoms with Gasteiger partial charge in [-0.15, -0.1) is 0 Å². The Labute approximate surface area is 97.4 Å². The fourth-order valence-electron chi connectivity index (χ4n) is 2.68. The summed E-state index contributed by atoms with van der Waals surface area (Å²) in [5.41, 5.74) is 9.21. The molecule has 2 N–H and O–H groups in total. The van der Waals surface area contributed by atoms with Crippen LogP contribution >= 0.6 is 0 Å². The number of nitrogens with zero attached hydrogens (tertiary/aromatic N) is 1. The second-order valence-electron chi connectivity index (χ2n) is 5.26. The van der Waals surface area contributed by atoms with E-state index in [0.717, 1.165) is 19.0 Å². The Morgan fingerprint density at radius 2 is 2.00 bits per heavy atom. The lowest BCUT2D eigenvalue weighted by atomic mass is 9.99. The van der Waals surface area contributed by atoms with Gasteiger partial charge in [-0.3, -0.25) is 4.90 Å². The molecule has 0 amide bonds. The highest BCUT2D eigenvalue weighted by atomic mass is 15.1. The zero-order valence-electron chi connectivity index (χ0n) is 9.73. The molecule has 1 fully saturated rings. The molecule has 16 heavy (non-hydrogen) atoms. The first-order valence-electron chi connectivity index (χ1n) is 6.37. The van der Waals surface area contributed by atoms with Crippen molar-refractivity contribution in [3.05, 3.63) is 35.4 Å². The Hall–Kier alpha value is -0.860. The van der Waals surface area contributed by atoms with Crippen LogP contribution in [0.2, 0.25) is 0 Å². The average Bonchev–Trinajstić information content (AvgIpc) is 3.12. The molecule has 0 radical (unpaired) electrons. The molecular weight excluding hydrogens is 196 g/mol. The number of rotatable bonds is 3. The van der Waals surface area contributed by atoms with Crippen LogP contribution in [0.25, 0.3) is 0 Å². The predicted molar refractivity (Wildman–Crippen MR) is 66.1 cm³/mol. The molecule has 1 aliphatic carbocycles. The minimum atomic E-state index is 0.408. The standard InChI is InChI=1S/C14H20N2/c15-14(12-5-6-12)10-16-8-7-11-3-1-2-4-13(11)9-16/h1-4,12,14H,5-10,15H2. The van der Waals surface area contributed by atoms with Gasteiger partial charge in [0.25, 0.3) is 0 Å². The van der Waals surface area contributed by atoms with Crippen molar-refractivity contribution in [1.29, 1.82) is 0 Å². The van der Waals surface area contributed by atoms with E-state index in [2.05, 4.69) is 29.2 Å². The van der Waals surface area contributed by atoms with E-state index in [1.807, 2.05) is 0 Å². The number of hydrogen-bond acceptors (Lipinski definition) is 2. The number of hydrogen-bond donors (Lipinski definition) is 1. The minimum Gasteiger partial charge on any atom is -0.326 e. The quantitative estimate of drug-likeness (QED) is 0.834. The Morgan fingerprint density at radius 1 is 1.25 bits per heavy atom. The van der Waals surface area contributed by atoms with E-state index in [4.69, 9.17) is 5.73 Å². The fraction of sp³-hybridized carbons (Fsp3) is 0.571. The first-order chi connectivity index (χ1) is 7.83. The van der Waals surface area contributed by atoms with Crippen LogP contribution in [0, 0.1) is 5.92 Å². The summed E-state index contributed by atoms with van der Waals surface area (Å²) >= 11 is 0. The SMILES string of the molecule is NC(CN1CCc2ccccc2C1)C1CC1. The van der Waals surface area contributed by atoms with Crippen molar-refractivity contribution in [2.45, 2.75) is 31.8 Å². The fourth-order valence-corrected chi connectivity index (χ4v) is 2.68. The van der Waals surface area contributed by atoms with Gasteiger partial charge in [0, 0.05) is 25.7 Å². The lowest BCUT2D eigenvalue weighted by molar-refractivity contribution is 0.231. The molecule has 2 aliphatic rings. The lowest BCUT2D eigenvalue weighted by Gasteiger charge is -2.30. The molecule has 1 atom stereocenters. The molecule has 1 unspecified atom stereocenters. The maximum Gasteiger partial charge on any atom is 0.0237 e. The number of nitrogens with two attached hydrogens (primary N) is 1. The van der Waals surface area contributed by atoms with Crippen molar-refractivity contribution < 1.29 is 0 Å². The van der Waals surface area contributed by atoms with Gasteiger partial charge in [-0.1, -0.05) is 24.3 Å². The Kier molecular flexibility index (Phi) is 2.70. The van der Waals surface area contributed by atoms with Crippen LogP contribution in [-0.4, -0.2) is 24.0 Å². The highest BCUT2D eigenvalue weighted by Gasteiger charge is 2.30. The van der Waals surface area contributed by atoms with Crippen LogP contribution in [0.4, 0.5) is 0 Å². The lowest BCUT2D eigenvalue weighted by Crippen LogP contribution is -2.41. The topological polar surface area (TPSA) is 29.3 Å². The predicted octanol–water partition coefficient (Wildman–Crippen LogP) is 1.78. The van der Waals surface area contributed by atoms with Gasteiger partial charge in [-0.05, 0) is 36.3 Å². The Morgan fingerprint density at radius 3 is 2.75 bits per heavy atom. The molecule has 2 heteroatoms. The molecule has 3 rings (SSSR count). The van der Waals surface area contributed by atoms with Gasteiger partial charge in [0.1, 0.15) is 0 Å². The summed E-state index contributed by atoms with van der Waals surface area (Å²) in [7, 11) is 0. The normalized spacial score (nSPS) is 22.8. The smallest absolute Gasteiger partial charge is 0.0237 e. The molecule has 0 spiro atoms. The van der Waals surface area contributed by atoms with Crippen molar-refractivity contribution in [1.82, 2.24) is 4.90 Å². The van der Waals surface area contributed by atoms with Crippen LogP contribution in [0.3, 0.4) is 0 Å². The Bertz CT molecular complexity index is 371. The summed E-state index contributed by atoms with van der Waals surface area (Å²) in [6.07, 6.45) is 3.89. The summed E-state index contributed by atoms with van der Waals surface area (Å²) in [6, 6.07) is 9.20. The molecule has 1 aliphatic heterocycles. The molecule has 86 valence electrons. The molecule has 1 saturated carbocycles. The first-order valence-corrected chi connectivity index (χ1v) is 6.37. The summed E-state index contributed by atoms with van der Waals surface area (Å²) in [5, 5.41) is 0. The molecule has 0 aromatic heterocycles. The van der Waals surface area contributed by atoms with Crippen LogP contribution < -0.4 is 5.73 Å². The summed E-state index contributed by atoms with van der Waals surface area (Å²) < 4.78 is 0. The maximum atomic E-state index is 6.19. The van der Waals surface area contributed by atoms with Crippen molar-refractivity contribution in [3.63, 3.8) is 0 Å². The second kappa shape index (κ2) is 4.19. The van der Waals surface area contributed by atoms with Crippen molar-refractivity contribution >= 4 is 0 Å². The second-order valence-corrected chi connectivity index (χ2v) is 5.26. The van der Waals surface area contributed by atoms with Crippen LogP contribution in [0.5, 0.6) is 0 Å². The summed E-state index contributed by atoms with van der Waals surface area (Å²) in [6.45, 7) is 3.35. The first kappa shape index (κ1) is 10.3. The third-order valence-corrected chi connectivity index (χ3v) is 3.91. The number of fused-ring (bicyclic) bond motifs is 1. The third-order valence-electron chi connectivity index (χ3n) is 3.91. The maximum absolute atomic E-state index is 6.19. The molecule has 1 aromatic rings. The third kappa shape index (κ3) is 2.13. The van der Waals surface area contributed by atoms with E-state index in [1.165, 1.54) is 36.9 Å².